The van der Waals surface area contributed by atoms with Crippen LogP contribution in [0.4, 0.5) is 13.2 Å². The van der Waals surface area contributed by atoms with E-state index in [2.05, 4.69) is 10.3 Å². The van der Waals surface area contributed by atoms with Crippen molar-refractivity contribution in [2.24, 2.45) is 0 Å². The van der Waals surface area contributed by atoms with Crippen molar-refractivity contribution in [3.63, 3.8) is 0 Å². The summed E-state index contributed by atoms with van der Waals surface area (Å²) in [5.74, 6) is -0.272. The zero-order chi connectivity index (χ0) is 14.8. The molecule has 1 saturated heterocycles. The Bertz CT molecular complexity index is 473. The molecule has 0 saturated carbocycles. The van der Waals surface area contributed by atoms with Gasteiger partial charge in [0, 0.05) is 25.3 Å². The predicted octanol–water partition coefficient (Wildman–Crippen LogP) is 1.92. The number of aromatic nitrogens is 1. The summed E-state index contributed by atoms with van der Waals surface area (Å²) < 4.78 is 37.2. The highest BCUT2D eigenvalue weighted by atomic mass is 19.4. The average molecular weight is 287 g/mol. The number of piperidine rings is 1. The lowest BCUT2D eigenvalue weighted by atomic mass is 10.0. The fraction of sp³-hybridized carbons (Fsp3) is 0.538. The Morgan fingerprint density at radius 3 is 2.75 bits per heavy atom. The van der Waals surface area contributed by atoms with Crippen LogP contribution in [0, 0.1) is 0 Å². The molecule has 110 valence electrons. The number of amides is 1. The fourth-order valence-corrected chi connectivity index (χ4v) is 2.27. The van der Waals surface area contributed by atoms with Crippen molar-refractivity contribution in [2.75, 3.05) is 20.1 Å². The minimum atomic E-state index is -4.48. The third-order valence-corrected chi connectivity index (χ3v) is 3.42. The summed E-state index contributed by atoms with van der Waals surface area (Å²) >= 11 is 0. The Balaban J connectivity index is 2.09. The van der Waals surface area contributed by atoms with Gasteiger partial charge in [0.25, 0.3) is 5.91 Å². The van der Waals surface area contributed by atoms with E-state index < -0.39 is 11.9 Å². The summed E-state index contributed by atoms with van der Waals surface area (Å²) in [5.41, 5.74) is -0.796. The van der Waals surface area contributed by atoms with Gasteiger partial charge in [-0.3, -0.25) is 9.78 Å². The largest absolute Gasteiger partial charge is 0.433 e. The molecule has 2 heterocycles. The number of likely N-dealkylation sites (N-methyl/N-ethyl adjacent to an activating group) is 1. The predicted molar refractivity (Wildman–Crippen MR) is 67.2 cm³/mol. The number of halogens is 3. The van der Waals surface area contributed by atoms with Gasteiger partial charge in [0.05, 0.1) is 5.56 Å². The Morgan fingerprint density at radius 1 is 1.45 bits per heavy atom. The second kappa shape index (κ2) is 5.78. The average Bonchev–Trinajstić information content (AvgIpc) is 2.46. The zero-order valence-corrected chi connectivity index (χ0v) is 11.1. The van der Waals surface area contributed by atoms with Crippen molar-refractivity contribution in [3.8, 4) is 0 Å². The van der Waals surface area contributed by atoms with Gasteiger partial charge in [-0.1, -0.05) is 0 Å². The van der Waals surface area contributed by atoms with Gasteiger partial charge in [0.15, 0.2) is 0 Å². The van der Waals surface area contributed by atoms with Gasteiger partial charge in [-0.2, -0.15) is 13.2 Å². The number of nitrogens with one attached hydrogen (secondary N) is 1. The summed E-state index contributed by atoms with van der Waals surface area (Å²) in [5, 5.41) is 3.11. The Hall–Kier alpha value is -1.63. The standard InChI is InChI=1S/C13H16F3N3O/c1-17-10-3-2-6-19(8-10)12(20)9-4-5-11(18-7-9)13(14,15)16/h4-5,7,10,17H,2-3,6,8H2,1H3. The van der Waals surface area contributed by atoms with E-state index in [4.69, 9.17) is 0 Å². The lowest BCUT2D eigenvalue weighted by Gasteiger charge is -2.32. The SMILES string of the molecule is CNC1CCCN(C(=O)c2ccc(C(F)(F)F)nc2)C1. The van der Waals surface area contributed by atoms with Gasteiger partial charge in [0.2, 0.25) is 0 Å². The fourth-order valence-electron chi connectivity index (χ4n) is 2.27. The second-order valence-corrected chi connectivity index (χ2v) is 4.81. The highest BCUT2D eigenvalue weighted by Crippen LogP contribution is 2.27. The first-order valence-corrected chi connectivity index (χ1v) is 6.41. The molecule has 1 amide bonds. The maximum atomic E-state index is 12.4. The second-order valence-electron chi connectivity index (χ2n) is 4.81. The Kier molecular flexibility index (Phi) is 4.27. The molecule has 1 aliphatic rings. The first-order valence-electron chi connectivity index (χ1n) is 6.41. The van der Waals surface area contributed by atoms with E-state index in [0.29, 0.717) is 13.1 Å². The molecule has 0 aromatic carbocycles. The molecular formula is C13H16F3N3O. The molecule has 4 nitrogen and oxygen atoms in total. The molecule has 0 spiro atoms. The highest BCUT2D eigenvalue weighted by molar-refractivity contribution is 5.94. The first-order chi connectivity index (χ1) is 9.41. The van der Waals surface area contributed by atoms with Gasteiger partial charge in [0.1, 0.15) is 5.69 Å². The number of nitrogens with zero attached hydrogens (tertiary/aromatic N) is 2. The minimum absolute atomic E-state index is 0.190. The topological polar surface area (TPSA) is 45.2 Å². The molecule has 0 aliphatic carbocycles. The van der Waals surface area contributed by atoms with E-state index in [1.807, 2.05) is 7.05 Å². The lowest BCUT2D eigenvalue weighted by molar-refractivity contribution is -0.141. The van der Waals surface area contributed by atoms with Gasteiger partial charge in [-0.25, -0.2) is 0 Å². The number of hydrogen-bond donors (Lipinski definition) is 1. The monoisotopic (exact) mass is 287 g/mol. The molecule has 7 heteroatoms. The number of carbonyl (C=O) groups is 1. The van der Waals surface area contributed by atoms with Crippen molar-refractivity contribution < 1.29 is 18.0 Å². The molecule has 0 bridgehead atoms. The molecule has 1 atom stereocenters. The van der Waals surface area contributed by atoms with Crippen LogP contribution in [-0.4, -0.2) is 42.0 Å². The summed E-state index contributed by atoms with van der Waals surface area (Å²) in [6, 6.07) is 2.25. The molecule has 20 heavy (non-hydrogen) atoms. The van der Waals surface area contributed by atoms with Crippen LogP contribution in [-0.2, 0) is 6.18 Å². The maximum Gasteiger partial charge on any atom is 0.433 e. The molecule has 1 fully saturated rings. The number of pyridine rings is 1. The Morgan fingerprint density at radius 2 is 2.20 bits per heavy atom. The van der Waals surface area contributed by atoms with Crippen LogP contribution in [0.15, 0.2) is 18.3 Å². The molecule has 1 aromatic rings. The van der Waals surface area contributed by atoms with Gasteiger partial charge >= 0.3 is 6.18 Å². The molecule has 1 N–H and O–H groups in total. The van der Waals surface area contributed by atoms with Crippen molar-refractivity contribution in [1.82, 2.24) is 15.2 Å². The molecule has 1 aliphatic heterocycles. The van der Waals surface area contributed by atoms with E-state index in [-0.39, 0.29) is 17.5 Å². The van der Waals surface area contributed by atoms with Crippen LogP contribution < -0.4 is 5.32 Å². The van der Waals surface area contributed by atoms with E-state index in [0.717, 1.165) is 25.1 Å². The normalized spacial score (nSPS) is 20.0. The van der Waals surface area contributed by atoms with Gasteiger partial charge < -0.3 is 10.2 Å². The first kappa shape index (κ1) is 14.8. The van der Waals surface area contributed by atoms with Crippen molar-refractivity contribution in [1.29, 1.82) is 0 Å². The summed E-state index contributed by atoms with van der Waals surface area (Å²) in [4.78, 5) is 17.2. The number of hydrogen-bond acceptors (Lipinski definition) is 3. The molecular weight excluding hydrogens is 271 g/mol. The summed E-state index contributed by atoms with van der Waals surface area (Å²) in [6.07, 6.45) is -1.62. The number of carbonyl (C=O) groups excluding carboxylic acids is 1. The maximum absolute atomic E-state index is 12.4. The van der Waals surface area contributed by atoms with Crippen molar-refractivity contribution >= 4 is 5.91 Å². The van der Waals surface area contributed by atoms with Gasteiger partial charge in [-0.15, -0.1) is 0 Å². The smallest absolute Gasteiger partial charge is 0.337 e. The van der Waals surface area contributed by atoms with Crippen LogP contribution in [0.25, 0.3) is 0 Å². The van der Waals surface area contributed by atoms with E-state index in [9.17, 15) is 18.0 Å². The zero-order valence-electron chi connectivity index (χ0n) is 11.1. The lowest BCUT2D eigenvalue weighted by Crippen LogP contribution is -2.47. The van der Waals surface area contributed by atoms with Gasteiger partial charge in [-0.05, 0) is 32.0 Å². The number of alkyl halides is 3. The minimum Gasteiger partial charge on any atom is -0.337 e. The van der Waals surface area contributed by atoms with Crippen LogP contribution in [0.2, 0.25) is 0 Å². The third-order valence-electron chi connectivity index (χ3n) is 3.42. The summed E-state index contributed by atoms with van der Waals surface area (Å²) in [7, 11) is 1.83. The van der Waals surface area contributed by atoms with Crippen molar-refractivity contribution in [3.05, 3.63) is 29.6 Å². The molecule has 1 aromatic heterocycles. The number of likely N-dealkylation sites (tertiary alicyclic amines) is 1. The summed E-state index contributed by atoms with van der Waals surface area (Å²) in [6.45, 7) is 1.19. The van der Waals surface area contributed by atoms with E-state index in [1.54, 1.807) is 4.90 Å². The van der Waals surface area contributed by atoms with E-state index >= 15 is 0 Å². The van der Waals surface area contributed by atoms with Crippen LogP contribution in [0.1, 0.15) is 28.9 Å². The highest BCUT2D eigenvalue weighted by Gasteiger charge is 2.32. The molecule has 1 unspecified atom stereocenters. The molecule has 0 radical (unpaired) electrons. The van der Waals surface area contributed by atoms with Crippen LogP contribution in [0.3, 0.4) is 0 Å². The van der Waals surface area contributed by atoms with Crippen LogP contribution in [0.5, 0.6) is 0 Å². The quantitative estimate of drug-likeness (QED) is 0.904. The Labute approximate surface area is 115 Å². The number of rotatable bonds is 2. The van der Waals surface area contributed by atoms with E-state index in [1.165, 1.54) is 6.07 Å². The third kappa shape index (κ3) is 3.27. The molecule has 2 rings (SSSR count). The van der Waals surface area contributed by atoms with Crippen LogP contribution >= 0.6 is 0 Å². The van der Waals surface area contributed by atoms with Crippen molar-refractivity contribution in [2.45, 2.75) is 25.1 Å².